The van der Waals surface area contributed by atoms with E-state index in [4.69, 9.17) is 0 Å². The summed E-state index contributed by atoms with van der Waals surface area (Å²) in [6, 6.07) is 15.7. The lowest BCUT2D eigenvalue weighted by Gasteiger charge is -2.37. The molecule has 3 aliphatic rings. The minimum absolute atomic E-state index is 0.0118. The van der Waals surface area contributed by atoms with E-state index in [1.807, 2.05) is 54.6 Å². The van der Waals surface area contributed by atoms with Crippen LogP contribution in [0.25, 0.3) is 11.0 Å². The first-order valence-corrected chi connectivity index (χ1v) is 13.8. The Morgan fingerprint density at radius 3 is 2.68 bits per heavy atom. The normalized spacial score (nSPS) is 28.5. The number of rotatable bonds is 8. The molecule has 6 atom stereocenters. The number of aromatic nitrogens is 3. The van der Waals surface area contributed by atoms with Gasteiger partial charge < -0.3 is 20.6 Å². The number of benzene rings is 2. The molecule has 2 unspecified atom stereocenters. The molecule has 3 amide bonds. The summed E-state index contributed by atoms with van der Waals surface area (Å²) in [6.45, 7) is -0.201. The van der Waals surface area contributed by atoms with Crippen molar-refractivity contribution in [2.24, 2.45) is 11.8 Å². The van der Waals surface area contributed by atoms with Crippen LogP contribution in [0.1, 0.15) is 18.4 Å². The maximum atomic E-state index is 14.1. The number of carbonyl (C=O) groups excluding carboxylic acids is 3. The Labute approximate surface area is 224 Å². The van der Waals surface area contributed by atoms with Gasteiger partial charge in [0.1, 0.15) is 18.2 Å². The van der Waals surface area contributed by atoms with Crippen LogP contribution in [-0.4, -0.2) is 78.5 Å². The van der Waals surface area contributed by atoms with Gasteiger partial charge in [-0.05, 0) is 37.0 Å². The molecule has 3 aromatic rings. The highest BCUT2D eigenvalue weighted by molar-refractivity contribution is 8.02. The highest BCUT2D eigenvalue weighted by Crippen LogP contribution is 2.66. The monoisotopic (exact) mass is 534 g/mol. The minimum atomic E-state index is -0.819. The van der Waals surface area contributed by atoms with Crippen molar-refractivity contribution < 1.29 is 19.5 Å². The summed E-state index contributed by atoms with van der Waals surface area (Å²) in [5.41, 5.74) is 2.47. The first kappa shape index (κ1) is 24.9. The number of aliphatic hydroxyl groups is 1. The molecule has 2 bridgehead atoms. The predicted molar refractivity (Wildman–Crippen MR) is 142 cm³/mol. The third-order valence-corrected chi connectivity index (χ3v) is 10.2. The molecule has 3 saturated heterocycles. The molecule has 3 N–H and O–H groups in total. The summed E-state index contributed by atoms with van der Waals surface area (Å²) in [6.07, 6.45) is 1.83. The summed E-state index contributed by atoms with van der Waals surface area (Å²) in [5.74, 6) is -1.81. The lowest BCUT2D eigenvalue weighted by atomic mass is 9.71. The number of nitrogens with one attached hydrogen (secondary N) is 2. The molecule has 198 valence electrons. The smallest absolute Gasteiger partial charge is 0.245 e. The number of likely N-dealkylation sites (tertiary alicyclic amines) is 1. The van der Waals surface area contributed by atoms with Gasteiger partial charge in [-0.3, -0.25) is 14.4 Å². The molecule has 0 radical (unpaired) electrons. The third kappa shape index (κ3) is 3.79. The number of hydrogen-bond donors (Lipinski definition) is 3. The van der Waals surface area contributed by atoms with E-state index in [9.17, 15) is 19.5 Å². The second kappa shape index (κ2) is 9.70. The summed E-state index contributed by atoms with van der Waals surface area (Å²) in [5, 5.41) is 24.5. The fourth-order valence-electron chi connectivity index (χ4n) is 6.67. The number of thioether (sulfide) groups is 1. The lowest BCUT2D eigenvalue weighted by Crippen LogP contribution is -2.57. The molecule has 1 aromatic heterocycles. The van der Waals surface area contributed by atoms with Gasteiger partial charge in [0.2, 0.25) is 17.7 Å². The molecule has 10 nitrogen and oxygen atoms in total. The van der Waals surface area contributed by atoms with E-state index in [0.29, 0.717) is 12.8 Å². The van der Waals surface area contributed by atoms with Gasteiger partial charge in [0.05, 0.1) is 34.7 Å². The van der Waals surface area contributed by atoms with E-state index in [2.05, 4.69) is 20.9 Å². The number of amides is 3. The largest absolute Gasteiger partial charge is 0.394 e. The van der Waals surface area contributed by atoms with Gasteiger partial charge in [0.25, 0.3) is 0 Å². The fraction of sp³-hybridized carbons (Fsp3) is 0.444. The van der Waals surface area contributed by atoms with Crippen molar-refractivity contribution in [1.29, 1.82) is 0 Å². The molecule has 1 spiro atoms. The molecule has 2 aromatic carbocycles. The number of nitrogens with zero attached hydrogens (tertiary/aromatic N) is 4. The first-order chi connectivity index (χ1) is 18.5. The standard InChI is InChI=1S/C27H30N6O4S/c1-28-24(35)21-20-11-12-27(38-20)22(21)26(37)33(17(14-34)13-16-7-3-2-4-8-16)23(27)25(36)29-15-32-19-10-6-5-9-18(19)30-31-32/h2-10,17,20-23,34H,11-15H2,1H3,(H,28,35)(H,29,36)/t17-,20+,21-,22+,23?,27?/m1/s1. The van der Waals surface area contributed by atoms with Gasteiger partial charge in [-0.15, -0.1) is 16.9 Å². The zero-order chi connectivity index (χ0) is 26.4. The highest BCUT2D eigenvalue weighted by Gasteiger charge is 2.74. The van der Waals surface area contributed by atoms with Crippen molar-refractivity contribution in [1.82, 2.24) is 30.5 Å². The number of hydrogen-bond acceptors (Lipinski definition) is 7. The van der Waals surface area contributed by atoms with Crippen LogP contribution in [0.4, 0.5) is 0 Å². The average Bonchev–Trinajstić information content (AvgIpc) is 3.70. The second-order valence-electron chi connectivity index (χ2n) is 10.2. The average molecular weight is 535 g/mol. The Balaban J connectivity index is 1.35. The van der Waals surface area contributed by atoms with E-state index in [0.717, 1.165) is 23.0 Å². The quantitative estimate of drug-likeness (QED) is 0.392. The van der Waals surface area contributed by atoms with Crippen LogP contribution < -0.4 is 10.6 Å². The highest BCUT2D eigenvalue weighted by atomic mass is 32.2. The molecule has 0 saturated carbocycles. The second-order valence-corrected chi connectivity index (χ2v) is 11.8. The van der Waals surface area contributed by atoms with E-state index < -0.39 is 28.7 Å². The summed E-state index contributed by atoms with van der Waals surface area (Å²) < 4.78 is 0.890. The van der Waals surface area contributed by atoms with Crippen LogP contribution >= 0.6 is 11.8 Å². The Morgan fingerprint density at radius 2 is 1.92 bits per heavy atom. The first-order valence-electron chi connectivity index (χ1n) is 12.9. The molecule has 11 heteroatoms. The van der Waals surface area contributed by atoms with Crippen molar-refractivity contribution in [3.05, 3.63) is 60.2 Å². The van der Waals surface area contributed by atoms with Crippen LogP contribution in [0.5, 0.6) is 0 Å². The zero-order valence-electron chi connectivity index (χ0n) is 21.0. The Hall–Kier alpha value is -3.44. The van der Waals surface area contributed by atoms with Gasteiger partial charge in [-0.1, -0.05) is 47.7 Å². The maximum Gasteiger partial charge on any atom is 0.245 e. The van der Waals surface area contributed by atoms with Crippen LogP contribution in [0.3, 0.4) is 0 Å². The van der Waals surface area contributed by atoms with E-state index in [1.165, 1.54) is 0 Å². The lowest BCUT2D eigenvalue weighted by molar-refractivity contribution is -0.142. The number of carbonyl (C=O) groups is 3. The molecule has 3 aliphatic heterocycles. The van der Waals surface area contributed by atoms with E-state index in [1.54, 1.807) is 28.4 Å². The van der Waals surface area contributed by atoms with Crippen molar-refractivity contribution in [2.75, 3.05) is 13.7 Å². The zero-order valence-corrected chi connectivity index (χ0v) is 21.8. The van der Waals surface area contributed by atoms with E-state index in [-0.39, 0.29) is 36.2 Å². The molecular weight excluding hydrogens is 504 g/mol. The number of para-hydroxylation sites is 1. The Kier molecular flexibility index (Phi) is 6.35. The van der Waals surface area contributed by atoms with Gasteiger partial charge in [-0.25, -0.2) is 4.68 Å². The maximum absolute atomic E-state index is 14.1. The topological polar surface area (TPSA) is 129 Å². The van der Waals surface area contributed by atoms with Crippen molar-refractivity contribution >= 4 is 40.5 Å². The van der Waals surface area contributed by atoms with E-state index >= 15 is 0 Å². The summed E-state index contributed by atoms with van der Waals surface area (Å²) in [4.78, 5) is 42.7. The molecule has 4 heterocycles. The molecule has 0 aliphatic carbocycles. The number of aliphatic hydroxyl groups excluding tert-OH is 1. The number of fused-ring (bicyclic) bond motifs is 2. The Morgan fingerprint density at radius 1 is 1.16 bits per heavy atom. The predicted octanol–water partition coefficient (Wildman–Crippen LogP) is 0.946. The summed E-state index contributed by atoms with van der Waals surface area (Å²) >= 11 is 1.60. The minimum Gasteiger partial charge on any atom is -0.394 e. The van der Waals surface area contributed by atoms with Crippen LogP contribution in [0.15, 0.2) is 54.6 Å². The van der Waals surface area contributed by atoms with Gasteiger partial charge >= 0.3 is 0 Å². The van der Waals surface area contributed by atoms with Crippen LogP contribution in [-0.2, 0) is 27.5 Å². The van der Waals surface area contributed by atoms with Crippen LogP contribution in [0.2, 0.25) is 0 Å². The van der Waals surface area contributed by atoms with Crippen molar-refractivity contribution in [2.45, 2.75) is 48.0 Å². The molecule has 3 fully saturated rings. The molecule has 38 heavy (non-hydrogen) atoms. The van der Waals surface area contributed by atoms with Gasteiger partial charge in [0, 0.05) is 12.3 Å². The molecule has 6 rings (SSSR count). The fourth-order valence-corrected chi connectivity index (χ4v) is 8.88. The Bertz CT molecular complexity index is 1380. The van der Waals surface area contributed by atoms with Crippen molar-refractivity contribution in [3.8, 4) is 0 Å². The SMILES string of the molecule is CNC(=O)[C@@H]1[C@@H]2CCC3(S2)C(C(=O)NCn2nnc4ccccc42)N([C@@H](CO)Cc2ccccc2)C(=O)[C@H]13. The summed E-state index contributed by atoms with van der Waals surface area (Å²) in [7, 11) is 1.58. The van der Waals surface area contributed by atoms with Crippen molar-refractivity contribution in [3.63, 3.8) is 0 Å². The van der Waals surface area contributed by atoms with Gasteiger partial charge in [0.15, 0.2) is 0 Å². The van der Waals surface area contributed by atoms with Gasteiger partial charge in [-0.2, -0.15) is 0 Å². The third-order valence-electron chi connectivity index (χ3n) is 8.28. The van der Waals surface area contributed by atoms with Crippen LogP contribution in [0, 0.1) is 11.8 Å². The molecular formula is C27H30N6O4S.